The maximum absolute atomic E-state index is 5.34. The van der Waals surface area contributed by atoms with Crippen LogP contribution in [-0.4, -0.2) is 19.9 Å². The largest absolute Gasteiger partial charge is 0.255 e. The van der Waals surface area contributed by atoms with E-state index in [1.54, 1.807) is 0 Å². The SMILES string of the molecule is Cc1cc(C)cc(-c2ccccc2-c2ccc(-c3ccc(-c4nc(-c5cc(C(C)(C)C)cc(C(C)(C)C)c5)nc(-c5cc(C(C)(C)C)cc(C(C)(C)C)c5)n4)cn3)cc2-c2ccc(-c3ccccc3)cc2)c1. The topological polar surface area (TPSA) is 51.6 Å². The molecule has 0 aliphatic rings. The highest BCUT2D eigenvalue weighted by molar-refractivity contribution is 5.94. The van der Waals surface area contributed by atoms with Crippen molar-refractivity contribution >= 4 is 0 Å². The fourth-order valence-electron chi connectivity index (χ4n) is 9.46. The lowest BCUT2D eigenvalue weighted by atomic mass is 9.79. The molecule has 362 valence electrons. The van der Waals surface area contributed by atoms with E-state index in [2.05, 4.69) is 261 Å². The van der Waals surface area contributed by atoms with Gasteiger partial charge in [-0.15, -0.1) is 0 Å². The zero-order valence-corrected chi connectivity index (χ0v) is 45.0. The molecular weight excluding hydrogens is 873 g/mol. The van der Waals surface area contributed by atoms with Crippen molar-refractivity contribution in [3.63, 3.8) is 0 Å². The summed E-state index contributed by atoms with van der Waals surface area (Å²) in [7, 11) is 0. The van der Waals surface area contributed by atoms with Crippen LogP contribution in [0.1, 0.15) is 116 Å². The molecule has 2 heterocycles. The number of hydrogen-bond acceptors (Lipinski definition) is 4. The summed E-state index contributed by atoms with van der Waals surface area (Å²) in [6.45, 7) is 31.6. The normalized spacial score (nSPS) is 12.3. The number of pyridine rings is 1. The summed E-state index contributed by atoms with van der Waals surface area (Å²) >= 11 is 0. The van der Waals surface area contributed by atoms with Crippen molar-refractivity contribution in [2.75, 3.05) is 0 Å². The molecule has 0 saturated heterocycles. The highest BCUT2D eigenvalue weighted by atomic mass is 15.0. The van der Waals surface area contributed by atoms with Crippen molar-refractivity contribution in [1.29, 1.82) is 0 Å². The Hall–Kier alpha value is -7.30. The van der Waals surface area contributed by atoms with Crippen molar-refractivity contribution in [3.8, 4) is 89.9 Å². The van der Waals surface area contributed by atoms with E-state index >= 15 is 0 Å². The van der Waals surface area contributed by atoms with Gasteiger partial charge < -0.3 is 0 Å². The molecule has 0 fully saturated rings. The van der Waals surface area contributed by atoms with Gasteiger partial charge in [0.15, 0.2) is 17.5 Å². The first kappa shape index (κ1) is 49.7. The molecule has 0 N–H and O–H groups in total. The van der Waals surface area contributed by atoms with Crippen molar-refractivity contribution < 1.29 is 0 Å². The minimum atomic E-state index is -0.0791. The predicted octanol–water partition coefficient (Wildman–Crippen LogP) is 18.4. The predicted molar refractivity (Wildman–Crippen MR) is 305 cm³/mol. The number of aromatic nitrogens is 4. The Bertz CT molecular complexity index is 3250. The van der Waals surface area contributed by atoms with E-state index in [9.17, 15) is 0 Å². The van der Waals surface area contributed by atoms with E-state index in [-0.39, 0.29) is 21.7 Å². The molecule has 0 radical (unpaired) electrons. The highest BCUT2D eigenvalue weighted by Gasteiger charge is 2.25. The number of aryl methyl sites for hydroxylation is 2. The van der Waals surface area contributed by atoms with E-state index in [1.165, 1.54) is 61.2 Å². The summed E-state index contributed by atoms with van der Waals surface area (Å²) in [4.78, 5) is 21.1. The van der Waals surface area contributed by atoms with Crippen LogP contribution >= 0.6 is 0 Å². The van der Waals surface area contributed by atoms with Crippen LogP contribution in [0.5, 0.6) is 0 Å². The molecule has 0 unspecified atom stereocenters. The molecular formula is C68H70N4. The molecule has 9 rings (SSSR count). The smallest absolute Gasteiger partial charge is 0.165 e. The highest BCUT2D eigenvalue weighted by Crippen LogP contribution is 2.42. The number of rotatable bonds is 8. The maximum atomic E-state index is 5.34. The van der Waals surface area contributed by atoms with Crippen LogP contribution in [0.2, 0.25) is 0 Å². The van der Waals surface area contributed by atoms with Gasteiger partial charge >= 0.3 is 0 Å². The zero-order valence-electron chi connectivity index (χ0n) is 45.0. The molecule has 0 aliphatic carbocycles. The first-order valence-electron chi connectivity index (χ1n) is 25.5. The fourth-order valence-corrected chi connectivity index (χ4v) is 9.46. The average molecular weight is 943 g/mol. The molecule has 0 atom stereocenters. The Morgan fingerprint density at radius 1 is 0.278 bits per heavy atom. The summed E-state index contributed by atoms with van der Waals surface area (Å²) in [6.07, 6.45) is 1.92. The van der Waals surface area contributed by atoms with Gasteiger partial charge in [0.1, 0.15) is 0 Å². The summed E-state index contributed by atoms with van der Waals surface area (Å²) in [5.41, 5.74) is 21.3. The molecule has 4 heteroatoms. The van der Waals surface area contributed by atoms with Crippen LogP contribution in [0.3, 0.4) is 0 Å². The lowest BCUT2D eigenvalue weighted by Gasteiger charge is -2.26. The number of hydrogen-bond donors (Lipinski definition) is 0. The van der Waals surface area contributed by atoms with E-state index in [4.69, 9.17) is 19.9 Å². The van der Waals surface area contributed by atoms with Gasteiger partial charge in [0.05, 0.1) is 5.69 Å². The van der Waals surface area contributed by atoms with Crippen molar-refractivity contribution in [2.45, 2.75) is 119 Å². The van der Waals surface area contributed by atoms with Crippen molar-refractivity contribution in [2.24, 2.45) is 0 Å². The monoisotopic (exact) mass is 943 g/mol. The van der Waals surface area contributed by atoms with Gasteiger partial charge in [-0.05, 0) is 145 Å². The summed E-state index contributed by atoms with van der Waals surface area (Å²) in [6, 6.07) is 59.9. The molecule has 0 amide bonds. The second kappa shape index (κ2) is 19.0. The molecule has 9 aromatic rings. The van der Waals surface area contributed by atoms with E-state index < -0.39 is 0 Å². The van der Waals surface area contributed by atoms with Gasteiger partial charge in [-0.2, -0.15) is 0 Å². The van der Waals surface area contributed by atoms with Crippen LogP contribution in [0.25, 0.3) is 89.9 Å². The van der Waals surface area contributed by atoms with Gasteiger partial charge in [-0.3, -0.25) is 4.98 Å². The summed E-state index contributed by atoms with van der Waals surface area (Å²) < 4.78 is 0. The van der Waals surface area contributed by atoms with Gasteiger partial charge in [0.25, 0.3) is 0 Å². The molecule has 0 aliphatic heterocycles. The van der Waals surface area contributed by atoms with Crippen LogP contribution in [0.15, 0.2) is 170 Å². The fraction of sp³-hybridized carbons (Fsp3) is 0.265. The molecule has 4 nitrogen and oxygen atoms in total. The Balaban J connectivity index is 1.19. The van der Waals surface area contributed by atoms with Gasteiger partial charge in [0.2, 0.25) is 0 Å². The van der Waals surface area contributed by atoms with Gasteiger partial charge in [-0.1, -0.05) is 216 Å². The Morgan fingerprint density at radius 3 is 1.15 bits per heavy atom. The Labute approximate surface area is 429 Å². The third-order valence-corrected chi connectivity index (χ3v) is 13.9. The lowest BCUT2D eigenvalue weighted by Crippen LogP contribution is -2.17. The van der Waals surface area contributed by atoms with Gasteiger partial charge in [-0.25, -0.2) is 15.0 Å². The van der Waals surface area contributed by atoms with Crippen molar-refractivity contribution in [1.82, 2.24) is 19.9 Å². The molecule has 72 heavy (non-hydrogen) atoms. The number of nitrogens with zero attached hydrogens (tertiary/aromatic N) is 4. The van der Waals surface area contributed by atoms with Crippen LogP contribution in [0.4, 0.5) is 0 Å². The molecule has 0 spiro atoms. The summed E-state index contributed by atoms with van der Waals surface area (Å²) in [5.74, 6) is 1.88. The van der Waals surface area contributed by atoms with Gasteiger partial charge in [0, 0.05) is 28.5 Å². The first-order chi connectivity index (χ1) is 34.0. The molecule has 2 aromatic heterocycles. The quantitative estimate of drug-likeness (QED) is 0.152. The Kier molecular flexibility index (Phi) is 13.1. The maximum Gasteiger partial charge on any atom is 0.165 e. The van der Waals surface area contributed by atoms with Crippen LogP contribution in [-0.2, 0) is 21.7 Å². The van der Waals surface area contributed by atoms with E-state index in [1.807, 2.05) is 6.20 Å². The second-order valence-corrected chi connectivity index (χ2v) is 24.0. The average Bonchev–Trinajstić information content (AvgIpc) is 3.35. The van der Waals surface area contributed by atoms with Crippen molar-refractivity contribution in [3.05, 3.63) is 203 Å². The molecule has 0 saturated carbocycles. The standard InChI is InChI=1S/C68H70N4/c1-43-32-44(2)34-50(33-43)57-22-18-19-23-58(57)59-30-28-48(39-60(59)47-26-24-46(25-27-47)45-20-16-15-17-21-45)61-31-29-49(42-69-61)62-70-63(51-35-53(65(3,4)5)40-54(36-51)66(6,7)8)72-64(71-62)52-37-55(67(9,10)11)41-56(38-52)68(12,13)14/h15-42H,1-14H3. The minimum absolute atomic E-state index is 0.0791. The summed E-state index contributed by atoms with van der Waals surface area (Å²) in [5, 5.41) is 0. The first-order valence-corrected chi connectivity index (χ1v) is 25.5. The third kappa shape index (κ3) is 10.8. The second-order valence-electron chi connectivity index (χ2n) is 24.0. The Morgan fingerprint density at radius 2 is 0.681 bits per heavy atom. The molecule has 0 bridgehead atoms. The number of benzene rings is 7. The van der Waals surface area contributed by atoms with Crippen LogP contribution in [0, 0.1) is 13.8 Å². The zero-order chi connectivity index (χ0) is 51.3. The minimum Gasteiger partial charge on any atom is -0.255 e. The van der Waals surface area contributed by atoms with Crippen LogP contribution < -0.4 is 0 Å². The van der Waals surface area contributed by atoms with E-state index in [0.29, 0.717) is 17.5 Å². The third-order valence-electron chi connectivity index (χ3n) is 13.9. The lowest BCUT2D eigenvalue weighted by molar-refractivity contribution is 0.568. The van der Waals surface area contributed by atoms with E-state index in [0.717, 1.165) is 44.6 Å². The molecule has 7 aromatic carbocycles.